The Balaban J connectivity index is 0.000000383. The van der Waals surface area contributed by atoms with Crippen molar-refractivity contribution in [2.24, 2.45) is 0 Å². The van der Waals surface area contributed by atoms with Crippen LogP contribution in [0.2, 0.25) is 0 Å². The van der Waals surface area contributed by atoms with E-state index in [9.17, 15) is 22.4 Å². The first-order valence-corrected chi connectivity index (χ1v) is 9.76. The van der Waals surface area contributed by atoms with Gasteiger partial charge in [-0.3, -0.25) is 4.79 Å². The van der Waals surface area contributed by atoms with Crippen molar-refractivity contribution < 1.29 is 32.3 Å². The second kappa shape index (κ2) is 9.76. The molecule has 4 rings (SSSR count). The van der Waals surface area contributed by atoms with Gasteiger partial charge in [-0.25, -0.2) is 24.1 Å². The number of aliphatic carboxylic acids is 1. The van der Waals surface area contributed by atoms with E-state index >= 15 is 0 Å². The molecule has 0 fully saturated rings. The van der Waals surface area contributed by atoms with Gasteiger partial charge in [-0.1, -0.05) is 0 Å². The molecular formula is C21H19F4N5O3. The molecule has 174 valence electrons. The van der Waals surface area contributed by atoms with Gasteiger partial charge in [0.25, 0.3) is 5.91 Å². The second-order valence-electron chi connectivity index (χ2n) is 7.13. The van der Waals surface area contributed by atoms with Crippen LogP contribution < -0.4 is 0 Å². The molecule has 8 nitrogen and oxygen atoms in total. The molecule has 33 heavy (non-hydrogen) atoms. The summed E-state index contributed by atoms with van der Waals surface area (Å²) in [6.07, 6.45) is -0.667. The number of aromatic amines is 1. The molecule has 0 saturated heterocycles. The van der Waals surface area contributed by atoms with Crippen LogP contribution in [-0.4, -0.2) is 61.1 Å². The Morgan fingerprint density at radius 2 is 1.73 bits per heavy atom. The summed E-state index contributed by atoms with van der Waals surface area (Å²) < 4.78 is 44.9. The van der Waals surface area contributed by atoms with Gasteiger partial charge in [0.15, 0.2) is 5.82 Å². The molecule has 1 aliphatic rings. The van der Waals surface area contributed by atoms with Gasteiger partial charge < -0.3 is 15.0 Å². The molecule has 1 aromatic carbocycles. The van der Waals surface area contributed by atoms with Gasteiger partial charge in [0.1, 0.15) is 11.5 Å². The number of amides is 1. The molecule has 2 aromatic heterocycles. The first-order valence-electron chi connectivity index (χ1n) is 9.76. The number of benzene rings is 1. The Kier molecular flexibility index (Phi) is 7.04. The Labute approximate surface area is 185 Å². The topological polar surface area (TPSA) is 112 Å². The Hall–Kier alpha value is -3.83. The number of hydrogen-bond donors (Lipinski definition) is 2. The van der Waals surface area contributed by atoms with Gasteiger partial charge in [0, 0.05) is 36.5 Å². The van der Waals surface area contributed by atoms with Gasteiger partial charge in [-0.05, 0) is 43.2 Å². The van der Waals surface area contributed by atoms with Crippen molar-refractivity contribution in [3.05, 3.63) is 65.3 Å². The number of carboxylic acid groups (broad SMARTS) is 1. The summed E-state index contributed by atoms with van der Waals surface area (Å²) in [6, 6.07) is 6.18. The number of imidazole rings is 1. The van der Waals surface area contributed by atoms with E-state index in [2.05, 4.69) is 15.0 Å². The van der Waals surface area contributed by atoms with Crippen LogP contribution in [0.4, 0.5) is 17.6 Å². The summed E-state index contributed by atoms with van der Waals surface area (Å²) in [5.74, 6) is -2.50. The Morgan fingerprint density at radius 3 is 2.30 bits per heavy atom. The molecule has 0 bridgehead atoms. The maximum absolute atomic E-state index is 13.2. The van der Waals surface area contributed by atoms with E-state index in [1.165, 1.54) is 24.7 Å². The number of nitrogens with zero attached hydrogens (tertiary/aromatic N) is 4. The number of aromatic nitrogens is 4. The molecule has 0 spiro atoms. The predicted molar refractivity (Wildman–Crippen MR) is 108 cm³/mol. The van der Waals surface area contributed by atoms with Crippen LogP contribution in [0.5, 0.6) is 0 Å². The highest BCUT2D eigenvalue weighted by Crippen LogP contribution is 2.23. The number of nitrogens with one attached hydrogen (secondary N) is 1. The van der Waals surface area contributed by atoms with Crippen molar-refractivity contribution >= 4 is 11.9 Å². The van der Waals surface area contributed by atoms with E-state index in [1.807, 2.05) is 11.8 Å². The molecule has 1 amide bonds. The molecule has 0 saturated carbocycles. The number of aryl methyl sites for hydroxylation is 1. The zero-order chi connectivity index (χ0) is 24.2. The molecular weight excluding hydrogens is 446 g/mol. The molecule has 3 heterocycles. The highest BCUT2D eigenvalue weighted by molar-refractivity contribution is 5.92. The number of H-pyrrole nitrogens is 1. The average Bonchev–Trinajstić information content (AvgIpc) is 3.21. The van der Waals surface area contributed by atoms with Crippen molar-refractivity contribution in [3.63, 3.8) is 0 Å². The summed E-state index contributed by atoms with van der Waals surface area (Å²) in [5.41, 5.74) is 4.23. The average molecular weight is 465 g/mol. The van der Waals surface area contributed by atoms with Crippen LogP contribution in [0.1, 0.15) is 27.4 Å². The Morgan fingerprint density at radius 1 is 1.09 bits per heavy atom. The first-order chi connectivity index (χ1) is 15.6. The minimum atomic E-state index is -5.08. The van der Waals surface area contributed by atoms with Crippen LogP contribution in [0.15, 0.2) is 36.8 Å². The lowest BCUT2D eigenvalue weighted by Crippen LogP contribution is -2.33. The SMILES string of the molecule is Cc1nc(-c2ccc(F)cc2)nc2c1CCN(C(=O)c1cnc[nH]1)CC2.O=C(O)C(F)(F)F. The van der Waals surface area contributed by atoms with Crippen molar-refractivity contribution in [1.82, 2.24) is 24.8 Å². The van der Waals surface area contributed by atoms with Crippen LogP contribution in [-0.2, 0) is 17.6 Å². The minimum Gasteiger partial charge on any atom is -0.475 e. The summed E-state index contributed by atoms with van der Waals surface area (Å²) in [6.45, 7) is 3.16. The summed E-state index contributed by atoms with van der Waals surface area (Å²) in [5, 5.41) is 7.12. The monoisotopic (exact) mass is 465 g/mol. The molecule has 0 atom stereocenters. The zero-order valence-corrected chi connectivity index (χ0v) is 17.4. The van der Waals surface area contributed by atoms with Gasteiger partial charge in [-0.2, -0.15) is 13.2 Å². The van der Waals surface area contributed by atoms with Crippen LogP contribution in [0.3, 0.4) is 0 Å². The largest absolute Gasteiger partial charge is 0.490 e. The van der Waals surface area contributed by atoms with E-state index in [0.29, 0.717) is 37.4 Å². The maximum Gasteiger partial charge on any atom is 0.490 e. The second-order valence-corrected chi connectivity index (χ2v) is 7.13. The lowest BCUT2D eigenvalue weighted by atomic mass is 10.1. The number of hydrogen-bond acceptors (Lipinski definition) is 5. The molecule has 0 radical (unpaired) electrons. The number of rotatable bonds is 2. The lowest BCUT2D eigenvalue weighted by Gasteiger charge is -2.18. The summed E-state index contributed by atoms with van der Waals surface area (Å²) in [4.78, 5) is 39.3. The van der Waals surface area contributed by atoms with Crippen LogP contribution >= 0.6 is 0 Å². The fraction of sp³-hybridized carbons (Fsp3) is 0.286. The molecule has 3 aromatic rings. The van der Waals surface area contributed by atoms with Crippen molar-refractivity contribution in [1.29, 1.82) is 0 Å². The van der Waals surface area contributed by atoms with E-state index in [0.717, 1.165) is 22.5 Å². The number of carbonyl (C=O) groups is 2. The first kappa shape index (κ1) is 23.8. The normalized spacial score (nSPS) is 13.4. The van der Waals surface area contributed by atoms with Gasteiger partial charge in [-0.15, -0.1) is 0 Å². The lowest BCUT2D eigenvalue weighted by molar-refractivity contribution is -0.192. The number of fused-ring (bicyclic) bond motifs is 1. The van der Waals surface area contributed by atoms with Crippen LogP contribution in [0.25, 0.3) is 11.4 Å². The van der Waals surface area contributed by atoms with E-state index < -0.39 is 12.1 Å². The third-order valence-electron chi connectivity index (χ3n) is 4.91. The smallest absolute Gasteiger partial charge is 0.475 e. The van der Waals surface area contributed by atoms with Gasteiger partial charge >= 0.3 is 12.1 Å². The van der Waals surface area contributed by atoms with Gasteiger partial charge in [0.05, 0.1) is 12.5 Å². The van der Waals surface area contributed by atoms with Crippen LogP contribution in [0, 0.1) is 12.7 Å². The molecule has 12 heteroatoms. The quantitative estimate of drug-likeness (QED) is 0.563. The fourth-order valence-electron chi connectivity index (χ4n) is 3.26. The highest BCUT2D eigenvalue weighted by Gasteiger charge is 2.38. The molecule has 2 N–H and O–H groups in total. The standard InChI is InChI=1S/C19H18FN5O.C2HF3O2/c1-12-15-6-8-25(19(26)17-10-21-11-22-17)9-7-16(15)24-18(23-12)13-2-4-14(20)5-3-13;3-2(4,5)1(6)7/h2-5,10-11H,6-9H2,1H3,(H,21,22);(H,6,7). The number of carboxylic acids is 1. The van der Waals surface area contributed by atoms with Crippen molar-refractivity contribution in [3.8, 4) is 11.4 Å². The van der Waals surface area contributed by atoms with Crippen molar-refractivity contribution in [2.75, 3.05) is 13.1 Å². The van der Waals surface area contributed by atoms with E-state index in [1.54, 1.807) is 12.1 Å². The number of carbonyl (C=O) groups excluding carboxylic acids is 1. The molecule has 1 aliphatic heterocycles. The number of alkyl halides is 3. The third-order valence-corrected chi connectivity index (χ3v) is 4.91. The van der Waals surface area contributed by atoms with E-state index in [4.69, 9.17) is 14.9 Å². The fourth-order valence-corrected chi connectivity index (χ4v) is 3.26. The summed E-state index contributed by atoms with van der Waals surface area (Å²) in [7, 11) is 0. The zero-order valence-electron chi connectivity index (χ0n) is 17.4. The van der Waals surface area contributed by atoms with Crippen molar-refractivity contribution in [2.45, 2.75) is 25.9 Å². The predicted octanol–water partition coefficient (Wildman–Crippen LogP) is 3.19. The maximum atomic E-state index is 13.2. The number of halogens is 4. The third kappa shape index (κ3) is 5.90. The Bertz CT molecular complexity index is 1130. The minimum absolute atomic E-state index is 0.0559. The summed E-state index contributed by atoms with van der Waals surface area (Å²) >= 11 is 0. The highest BCUT2D eigenvalue weighted by atomic mass is 19.4. The molecule has 0 aliphatic carbocycles. The molecule has 0 unspecified atom stereocenters. The van der Waals surface area contributed by atoms with E-state index in [-0.39, 0.29) is 11.7 Å². The van der Waals surface area contributed by atoms with Gasteiger partial charge in [0.2, 0.25) is 0 Å².